The largest absolute Gasteiger partial charge is 0.348 e. The van der Waals surface area contributed by atoms with Crippen molar-refractivity contribution >= 4 is 5.91 Å². The zero-order chi connectivity index (χ0) is 18.3. The molecule has 0 aliphatic carbocycles. The van der Waals surface area contributed by atoms with E-state index in [2.05, 4.69) is 28.8 Å². The lowest BCUT2D eigenvalue weighted by Crippen LogP contribution is -2.57. The van der Waals surface area contributed by atoms with Crippen molar-refractivity contribution in [2.45, 2.75) is 38.6 Å². The number of amides is 1. The van der Waals surface area contributed by atoms with Gasteiger partial charge in [0.25, 0.3) is 5.91 Å². The summed E-state index contributed by atoms with van der Waals surface area (Å²) in [5, 5.41) is 4.13. The number of aromatic nitrogens is 4. The number of rotatable bonds is 3. The minimum Gasteiger partial charge on any atom is -0.348 e. The molecule has 0 radical (unpaired) electrons. The second-order valence-electron chi connectivity index (χ2n) is 8.05. The number of H-pyrrole nitrogens is 1. The number of nitrogens with one attached hydrogen (secondary N) is 1. The van der Waals surface area contributed by atoms with Crippen LogP contribution in [0.2, 0.25) is 0 Å². The number of hydrogen-bond acceptors (Lipinski definition) is 4. The molecule has 0 bridgehead atoms. The minimum atomic E-state index is -0.0381. The number of imidazole rings is 1. The summed E-state index contributed by atoms with van der Waals surface area (Å²) in [5.41, 5.74) is 3.12. The number of nitrogens with zero attached hydrogens (tertiary/aromatic N) is 5. The summed E-state index contributed by atoms with van der Waals surface area (Å²) in [7, 11) is 1.84. The molecule has 7 heteroatoms. The summed E-state index contributed by atoms with van der Waals surface area (Å²) in [6.45, 7) is 8.19. The van der Waals surface area contributed by atoms with Crippen LogP contribution in [-0.2, 0) is 19.0 Å². The van der Waals surface area contributed by atoms with E-state index in [1.807, 2.05) is 18.3 Å². The molecule has 2 aliphatic rings. The highest BCUT2D eigenvalue weighted by atomic mass is 16.2. The fraction of sp³-hybridized carbons (Fsp3) is 0.632. The van der Waals surface area contributed by atoms with E-state index in [4.69, 9.17) is 4.98 Å². The third kappa shape index (κ3) is 2.84. The molecule has 2 aliphatic heterocycles. The van der Waals surface area contributed by atoms with Crippen LogP contribution in [0.3, 0.4) is 0 Å². The molecule has 7 nitrogen and oxygen atoms in total. The van der Waals surface area contributed by atoms with Gasteiger partial charge in [-0.05, 0) is 18.8 Å². The van der Waals surface area contributed by atoms with Crippen molar-refractivity contribution in [2.24, 2.45) is 13.0 Å². The Morgan fingerprint density at radius 2 is 2.08 bits per heavy atom. The molecule has 0 saturated carbocycles. The van der Waals surface area contributed by atoms with Gasteiger partial charge in [0.15, 0.2) is 0 Å². The molecule has 2 aromatic rings. The SMILES string of the molecule is CC(C)CN1CCc2[nH]cnc2C12CCN(C(=O)c1cnn(C)c1)CC2. The molecule has 0 atom stereocenters. The number of likely N-dealkylation sites (tertiary alicyclic amines) is 1. The molecule has 140 valence electrons. The van der Waals surface area contributed by atoms with E-state index in [9.17, 15) is 4.79 Å². The summed E-state index contributed by atoms with van der Waals surface area (Å²) in [4.78, 5) is 25.4. The normalized spacial score (nSPS) is 19.9. The number of hydrogen-bond donors (Lipinski definition) is 1. The van der Waals surface area contributed by atoms with Gasteiger partial charge < -0.3 is 9.88 Å². The monoisotopic (exact) mass is 356 g/mol. The molecule has 0 unspecified atom stereocenters. The van der Waals surface area contributed by atoms with Gasteiger partial charge in [-0.15, -0.1) is 0 Å². The Kier molecular flexibility index (Phi) is 4.34. The quantitative estimate of drug-likeness (QED) is 0.910. The average molecular weight is 356 g/mol. The van der Waals surface area contributed by atoms with Crippen LogP contribution in [0, 0.1) is 5.92 Å². The molecule has 1 spiro atoms. The van der Waals surface area contributed by atoms with Crippen LogP contribution in [-0.4, -0.2) is 61.6 Å². The summed E-state index contributed by atoms with van der Waals surface area (Å²) in [6, 6.07) is 0. The Bertz CT molecular complexity index is 784. The van der Waals surface area contributed by atoms with Crippen molar-refractivity contribution in [3.05, 3.63) is 35.7 Å². The van der Waals surface area contributed by atoms with Crippen molar-refractivity contribution in [1.82, 2.24) is 29.5 Å². The molecular formula is C19H28N6O. The highest BCUT2D eigenvalue weighted by molar-refractivity contribution is 5.93. The van der Waals surface area contributed by atoms with Gasteiger partial charge in [-0.2, -0.15) is 5.10 Å². The van der Waals surface area contributed by atoms with E-state index in [0.717, 1.165) is 45.4 Å². The first-order chi connectivity index (χ1) is 12.5. The molecule has 4 rings (SSSR count). The maximum Gasteiger partial charge on any atom is 0.257 e. The van der Waals surface area contributed by atoms with Crippen molar-refractivity contribution in [3.63, 3.8) is 0 Å². The molecule has 1 fully saturated rings. The molecule has 1 amide bonds. The van der Waals surface area contributed by atoms with Crippen LogP contribution in [0.4, 0.5) is 0 Å². The predicted octanol–water partition coefficient (Wildman–Crippen LogP) is 1.79. The van der Waals surface area contributed by atoms with Gasteiger partial charge in [-0.25, -0.2) is 4.98 Å². The van der Waals surface area contributed by atoms with Crippen molar-refractivity contribution in [3.8, 4) is 0 Å². The highest BCUT2D eigenvalue weighted by Gasteiger charge is 2.47. The van der Waals surface area contributed by atoms with Gasteiger partial charge in [0.2, 0.25) is 0 Å². The van der Waals surface area contributed by atoms with Gasteiger partial charge in [0.1, 0.15) is 0 Å². The maximum atomic E-state index is 12.8. The number of fused-ring (bicyclic) bond motifs is 2. The standard InChI is InChI=1S/C19H28N6O/c1-14(2)11-25-7-4-16-17(21-13-20-16)19(25)5-8-24(9-6-19)18(26)15-10-22-23(3)12-15/h10,12-14H,4-9,11H2,1-3H3,(H,20,21). The number of carbonyl (C=O) groups is 1. The summed E-state index contributed by atoms with van der Waals surface area (Å²) in [5.74, 6) is 0.698. The summed E-state index contributed by atoms with van der Waals surface area (Å²) >= 11 is 0. The zero-order valence-electron chi connectivity index (χ0n) is 15.9. The Hall–Kier alpha value is -2.15. The number of piperidine rings is 1. The Balaban J connectivity index is 1.56. The lowest BCUT2D eigenvalue weighted by atomic mass is 9.78. The number of carbonyl (C=O) groups excluding carboxylic acids is 1. The predicted molar refractivity (Wildman–Crippen MR) is 98.7 cm³/mol. The van der Waals surface area contributed by atoms with Crippen LogP contribution < -0.4 is 0 Å². The fourth-order valence-corrected chi connectivity index (χ4v) is 4.58. The molecule has 1 saturated heterocycles. The van der Waals surface area contributed by atoms with E-state index < -0.39 is 0 Å². The lowest BCUT2D eigenvalue weighted by Gasteiger charge is -2.51. The van der Waals surface area contributed by atoms with Gasteiger partial charge in [0.05, 0.1) is 29.3 Å². The molecule has 26 heavy (non-hydrogen) atoms. The van der Waals surface area contributed by atoms with E-state index in [-0.39, 0.29) is 11.4 Å². The minimum absolute atomic E-state index is 0.0381. The van der Waals surface area contributed by atoms with E-state index in [0.29, 0.717) is 11.5 Å². The summed E-state index contributed by atoms with van der Waals surface area (Å²) in [6.07, 6.45) is 8.18. The van der Waals surface area contributed by atoms with Crippen LogP contribution in [0.15, 0.2) is 18.7 Å². The molecule has 0 aromatic carbocycles. The first kappa shape index (κ1) is 17.3. The zero-order valence-corrected chi connectivity index (χ0v) is 15.9. The van der Waals surface area contributed by atoms with Crippen LogP contribution in [0.1, 0.15) is 48.4 Å². The topological polar surface area (TPSA) is 70.1 Å². The van der Waals surface area contributed by atoms with E-state index in [1.165, 1.54) is 11.4 Å². The van der Waals surface area contributed by atoms with Crippen molar-refractivity contribution < 1.29 is 4.79 Å². The smallest absolute Gasteiger partial charge is 0.257 e. The van der Waals surface area contributed by atoms with Gasteiger partial charge in [-0.3, -0.25) is 14.4 Å². The van der Waals surface area contributed by atoms with Crippen LogP contribution >= 0.6 is 0 Å². The second kappa shape index (κ2) is 6.54. The second-order valence-corrected chi connectivity index (χ2v) is 8.05. The van der Waals surface area contributed by atoms with Gasteiger partial charge in [0, 0.05) is 51.5 Å². The Labute approximate surface area is 154 Å². The van der Waals surface area contributed by atoms with E-state index >= 15 is 0 Å². The maximum absolute atomic E-state index is 12.8. The van der Waals surface area contributed by atoms with Crippen LogP contribution in [0.5, 0.6) is 0 Å². The lowest BCUT2D eigenvalue weighted by molar-refractivity contribution is 0.000618. The third-order valence-corrected chi connectivity index (χ3v) is 5.81. The first-order valence-corrected chi connectivity index (χ1v) is 9.55. The molecular weight excluding hydrogens is 328 g/mol. The third-order valence-electron chi connectivity index (χ3n) is 5.81. The molecule has 4 heterocycles. The highest BCUT2D eigenvalue weighted by Crippen LogP contribution is 2.42. The fourth-order valence-electron chi connectivity index (χ4n) is 4.58. The Morgan fingerprint density at radius 3 is 2.73 bits per heavy atom. The number of aryl methyl sites for hydroxylation is 1. The van der Waals surface area contributed by atoms with Gasteiger partial charge >= 0.3 is 0 Å². The molecule has 1 N–H and O–H groups in total. The molecule has 2 aromatic heterocycles. The Morgan fingerprint density at radius 1 is 1.31 bits per heavy atom. The van der Waals surface area contributed by atoms with Crippen molar-refractivity contribution in [1.29, 1.82) is 0 Å². The first-order valence-electron chi connectivity index (χ1n) is 9.55. The number of aromatic amines is 1. The summed E-state index contributed by atoms with van der Waals surface area (Å²) < 4.78 is 1.68. The van der Waals surface area contributed by atoms with E-state index in [1.54, 1.807) is 17.1 Å². The van der Waals surface area contributed by atoms with Crippen LogP contribution in [0.25, 0.3) is 0 Å². The average Bonchev–Trinajstić information content (AvgIpc) is 3.27. The van der Waals surface area contributed by atoms with Crippen molar-refractivity contribution in [2.75, 3.05) is 26.2 Å². The van der Waals surface area contributed by atoms with Gasteiger partial charge in [-0.1, -0.05) is 13.8 Å².